The summed E-state index contributed by atoms with van der Waals surface area (Å²) in [6.07, 6.45) is 3.44. The van der Waals surface area contributed by atoms with E-state index in [0.29, 0.717) is 18.5 Å². The number of aromatic nitrogens is 2. The highest BCUT2D eigenvalue weighted by Gasteiger charge is 2.28. The number of rotatable bonds is 2. The fourth-order valence-corrected chi connectivity index (χ4v) is 3.25. The molecule has 0 saturated heterocycles. The number of pyridine rings is 2. The molecule has 0 bridgehead atoms. The van der Waals surface area contributed by atoms with E-state index < -0.39 is 6.04 Å². The molecule has 0 radical (unpaired) electrons. The summed E-state index contributed by atoms with van der Waals surface area (Å²) >= 11 is 0. The topological polar surface area (TPSA) is 55.2 Å². The Labute approximate surface area is 139 Å². The molecule has 4 rings (SSSR count). The summed E-state index contributed by atoms with van der Waals surface area (Å²) in [6, 6.07) is 12.6. The molecular formula is C19H17N3O2. The van der Waals surface area contributed by atoms with Crippen LogP contribution in [0.2, 0.25) is 0 Å². The zero-order valence-corrected chi connectivity index (χ0v) is 13.3. The predicted octanol–water partition coefficient (Wildman–Crippen LogP) is 2.50. The van der Waals surface area contributed by atoms with E-state index in [1.165, 1.54) is 4.57 Å². The fraction of sp³-hybridized carbons (Fsp3) is 0.211. The quantitative estimate of drug-likeness (QED) is 0.729. The average molecular weight is 319 g/mol. The Morgan fingerprint density at radius 1 is 1.12 bits per heavy atom. The Balaban J connectivity index is 1.65. The highest BCUT2D eigenvalue weighted by molar-refractivity contribution is 5.83. The second-order valence-corrected chi connectivity index (χ2v) is 6.09. The number of amides is 1. The maximum Gasteiger partial charge on any atom is 0.259 e. The summed E-state index contributed by atoms with van der Waals surface area (Å²) in [5.74, 6) is -0.0645. The minimum atomic E-state index is -0.545. The third-order valence-corrected chi connectivity index (χ3v) is 4.61. The number of hydrogen-bond acceptors (Lipinski definition) is 3. The molecule has 24 heavy (non-hydrogen) atoms. The third kappa shape index (κ3) is 2.29. The first-order valence-electron chi connectivity index (χ1n) is 7.96. The molecule has 120 valence electrons. The maximum atomic E-state index is 12.8. The van der Waals surface area contributed by atoms with E-state index in [2.05, 4.69) is 4.98 Å². The molecule has 0 N–H and O–H groups in total. The van der Waals surface area contributed by atoms with Crippen molar-refractivity contribution in [1.82, 2.24) is 14.5 Å². The summed E-state index contributed by atoms with van der Waals surface area (Å²) in [6.45, 7) is 2.82. The van der Waals surface area contributed by atoms with Gasteiger partial charge in [-0.05, 0) is 36.1 Å². The van der Waals surface area contributed by atoms with Gasteiger partial charge in [0.25, 0.3) is 5.56 Å². The summed E-state index contributed by atoms with van der Waals surface area (Å²) in [7, 11) is 0. The van der Waals surface area contributed by atoms with Gasteiger partial charge in [-0.2, -0.15) is 0 Å². The van der Waals surface area contributed by atoms with Crippen LogP contribution >= 0.6 is 0 Å². The predicted molar refractivity (Wildman–Crippen MR) is 91.4 cm³/mol. The highest BCUT2D eigenvalue weighted by Crippen LogP contribution is 2.23. The molecule has 1 unspecified atom stereocenters. The smallest absolute Gasteiger partial charge is 0.259 e. The zero-order chi connectivity index (χ0) is 16.7. The lowest BCUT2D eigenvalue weighted by molar-refractivity contribution is -0.135. The SMILES string of the molecule is CC(C(=O)N1Cc2cccnc2C1)n1ccc2ccccc2c1=O. The standard InChI is InChI=1S/C19H17N3O2/c1-13(18(23)21-11-15-6-4-9-20-17(15)12-21)22-10-8-14-5-2-3-7-16(14)19(22)24/h2-10,13H,11-12H2,1H3. The van der Waals surface area contributed by atoms with Gasteiger partial charge < -0.3 is 9.47 Å². The minimum absolute atomic E-state index is 0.0645. The van der Waals surface area contributed by atoms with Crippen molar-refractivity contribution < 1.29 is 4.79 Å². The van der Waals surface area contributed by atoms with Crippen LogP contribution in [0.4, 0.5) is 0 Å². The van der Waals surface area contributed by atoms with Gasteiger partial charge >= 0.3 is 0 Å². The number of fused-ring (bicyclic) bond motifs is 2. The van der Waals surface area contributed by atoms with E-state index >= 15 is 0 Å². The van der Waals surface area contributed by atoms with Gasteiger partial charge in [-0.25, -0.2) is 0 Å². The van der Waals surface area contributed by atoms with E-state index in [9.17, 15) is 9.59 Å². The second kappa shape index (κ2) is 5.60. The van der Waals surface area contributed by atoms with Crippen LogP contribution in [-0.4, -0.2) is 20.4 Å². The van der Waals surface area contributed by atoms with Crippen LogP contribution in [0.25, 0.3) is 10.8 Å². The van der Waals surface area contributed by atoms with Gasteiger partial charge in [0.05, 0.1) is 12.2 Å². The lowest BCUT2D eigenvalue weighted by atomic mass is 10.1. The normalized spacial score (nSPS) is 14.6. The molecule has 2 aromatic heterocycles. The van der Waals surface area contributed by atoms with Gasteiger partial charge in [0.2, 0.25) is 5.91 Å². The summed E-state index contributed by atoms with van der Waals surface area (Å²) in [4.78, 5) is 31.6. The molecule has 1 amide bonds. The van der Waals surface area contributed by atoms with Gasteiger partial charge in [-0.15, -0.1) is 0 Å². The van der Waals surface area contributed by atoms with Crippen molar-refractivity contribution >= 4 is 16.7 Å². The number of benzene rings is 1. The molecule has 5 nitrogen and oxygen atoms in total. The average Bonchev–Trinajstić information content (AvgIpc) is 3.05. The Morgan fingerprint density at radius 3 is 2.79 bits per heavy atom. The Morgan fingerprint density at radius 2 is 1.96 bits per heavy atom. The molecule has 3 heterocycles. The van der Waals surface area contributed by atoms with Gasteiger partial charge in [-0.1, -0.05) is 24.3 Å². The second-order valence-electron chi connectivity index (χ2n) is 6.09. The largest absolute Gasteiger partial charge is 0.331 e. The lowest BCUT2D eigenvalue weighted by Crippen LogP contribution is -2.36. The Kier molecular flexibility index (Phi) is 3.41. The van der Waals surface area contributed by atoms with Crippen LogP contribution < -0.4 is 5.56 Å². The van der Waals surface area contributed by atoms with Crippen molar-refractivity contribution in [3.05, 3.63) is 76.5 Å². The number of carbonyl (C=O) groups excluding carboxylic acids is 1. The first kappa shape index (κ1) is 14.6. The third-order valence-electron chi connectivity index (χ3n) is 4.61. The molecule has 0 fully saturated rings. The lowest BCUT2D eigenvalue weighted by Gasteiger charge is -2.22. The summed E-state index contributed by atoms with van der Waals surface area (Å²) < 4.78 is 1.51. The number of carbonyl (C=O) groups is 1. The van der Waals surface area contributed by atoms with E-state index in [1.54, 1.807) is 30.3 Å². The first-order chi connectivity index (χ1) is 11.6. The van der Waals surface area contributed by atoms with Gasteiger partial charge in [-0.3, -0.25) is 14.6 Å². The maximum absolute atomic E-state index is 12.8. The van der Waals surface area contributed by atoms with E-state index in [0.717, 1.165) is 16.6 Å². The van der Waals surface area contributed by atoms with Crippen LogP contribution in [0.15, 0.2) is 59.7 Å². The Bertz CT molecular complexity index is 968. The molecule has 5 heteroatoms. The monoisotopic (exact) mass is 319 g/mol. The number of hydrogen-bond donors (Lipinski definition) is 0. The molecule has 1 aromatic carbocycles. The molecular weight excluding hydrogens is 302 g/mol. The van der Waals surface area contributed by atoms with Crippen LogP contribution in [0.5, 0.6) is 0 Å². The molecule has 0 spiro atoms. The van der Waals surface area contributed by atoms with Crippen LogP contribution in [0.1, 0.15) is 24.2 Å². The van der Waals surface area contributed by atoms with E-state index in [-0.39, 0.29) is 11.5 Å². The van der Waals surface area contributed by atoms with Crippen LogP contribution in [0, 0.1) is 0 Å². The molecule has 3 aromatic rings. The van der Waals surface area contributed by atoms with Gasteiger partial charge in [0, 0.05) is 24.3 Å². The molecule has 0 aliphatic carbocycles. The van der Waals surface area contributed by atoms with Crippen molar-refractivity contribution in [3.8, 4) is 0 Å². The zero-order valence-electron chi connectivity index (χ0n) is 13.3. The van der Waals surface area contributed by atoms with Crippen molar-refractivity contribution in [3.63, 3.8) is 0 Å². The Hall–Kier alpha value is -2.95. The molecule has 0 saturated carbocycles. The summed E-state index contributed by atoms with van der Waals surface area (Å²) in [5, 5.41) is 1.52. The van der Waals surface area contributed by atoms with Gasteiger partial charge in [0.1, 0.15) is 6.04 Å². The van der Waals surface area contributed by atoms with Crippen molar-refractivity contribution in [2.75, 3.05) is 0 Å². The molecule has 1 atom stereocenters. The molecule has 1 aliphatic rings. The van der Waals surface area contributed by atoms with Crippen molar-refractivity contribution in [2.24, 2.45) is 0 Å². The van der Waals surface area contributed by atoms with E-state index in [1.807, 2.05) is 36.4 Å². The van der Waals surface area contributed by atoms with Crippen molar-refractivity contribution in [1.29, 1.82) is 0 Å². The van der Waals surface area contributed by atoms with Crippen LogP contribution in [0.3, 0.4) is 0 Å². The molecule has 1 aliphatic heterocycles. The minimum Gasteiger partial charge on any atom is -0.331 e. The van der Waals surface area contributed by atoms with Crippen LogP contribution in [-0.2, 0) is 17.9 Å². The summed E-state index contributed by atoms with van der Waals surface area (Å²) in [5.41, 5.74) is 1.87. The fourth-order valence-electron chi connectivity index (χ4n) is 3.25. The van der Waals surface area contributed by atoms with Crippen molar-refractivity contribution in [2.45, 2.75) is 26.1 Å². The highest BCUT2D eigenvalue weighted by atomic mass is 16.2. The van der Waals surface area contributed by atoms with Gasteiger partial charge in [0.15, 0.2) is 0 Å². The van der Waals surface area contributed by atoms with E-state index in [4.69, 9.17) is 0 Å². The first-order valence-corrected chi connectivity index (χ1v) is 7.96. The number of nitrogens with zero attached hydrogens (tertiary/aromatic N) is 3.